The first-order valence-corrected chi connectivity index (χ1v) is 12.1. The van der Waals surface area contributed by atoms with Gasteiger partial charge in [-0.25, -0.2) is 0 Å². The summed E-state index contributed by atoms with van der Waals surface area (Å²) in [5, 5.41) is 0. The molecule has 0 unspecified atom stereocenters. The fourth-order valence-corrected chi connectivity index (χ4v) is 6.57. The van der Waals surface area contributed by atoms with Crippen molar-refractivity contribution in [2.45, 2.75) is 85.0 Å². The maximum absolute atomic E-state index is 5.11. The van der Waals surface area contributed by atoms with E-state index in [2.05, 4.69) is 63.2 Å². The highest BCUT2D eigenvalue weighted by Crippen LogP contribution is 2.54. The molecule has 0 amide bonds. The van der Waals surface area contributed by atoms with Crippen molar-refractivity contribution in [1.29, 1.82) is 0 Å². The minimum Gasteiger partial charge on any atom is -0.261 e. The zero-order chi connectivity index (χ0) is 19.7. The van der Waals surface area contributed by atoms with E-state index in [1.165, 1.54) is 64.2 Å². The number of hydrogen-bond donors (Lipinski definition) is 0. The van der Waals surface area contributed by atoms with Gasteiger partial charge in [-0.05, 0) is 48.7 Å². The molecule has 0 aromatic rings. The number of nitrogens with zero attached hydrogens (tertiary/aromatic N) is 4. The van der Waals surface area contributed by atoms with Crippen LogP contribution in [-0.2, 0) is 0 Å². The molecule has 4 nitrogen and oxygen atoms in total. The molecule has 0 radical (unpaired) electrons. The third-order valence-electron chi connectivity index (χ3n) is 4.41. The van der Waals surface area contributed by atoms with Gasteiger partial charge in [0.15, 0.2) is 7.51 Å². The average Bonchev–Trinajstić information content (AvgIpc) is 2.56. The van der Waals surface area contributed by atoms with Crippen LogP contribution in [0.5, 0.6) is 0 Å². The lowest BCUT2D eigenvalue weighted by Gasteiger charge is -2.41. The molecule has 0 aliphatic heterocycles. The van der Waals surface area contributed by atoms with E-state index < -0.39 is 7.51 Å². The third kappa shape index (κ3) is 11.4. The van der Waals surface area contributed by atoms with Gasteiger partial charge in [0.05, 0.1) is 0 Å². The molecule has 0 aliphatic carbocycles. The van der Waals surface area contributed by atoms with Gasteiger partial charge in [-0.2, -0.15) is 0 Å². The quantitative estimate of drug-likeness (QED) is 0.253. The van der Waals surface area contributed by atoms with Crippen molar-refractivity contribution in [3.05, 3.63) is 0 Å². The summed E-state index contributed by atoms with van der Waals surface area (Å²) in [6, 6.07) is 0. The highest BCUT2D eigenvalue weighted by molar-refractivity contribution is 7.59. The van der Waals surface area contributed by atoms with Crippen LogP contribution >= 0.6 is 7.51 Å². The van der Waals surface area contributed by atoms with Gasteiger partial charge in [0.25, 0.3) is 0 Å². The first-order valence-electron chi connectivity index (χ1n) is 10.5. The Kier molecular flexibility index (Phi) is 19.2. The topological polar surface area (TPSA) is 22.1 Å². The summed E-state index contributed by atoms with van der Waals surface area (Å²) in [5.74, 6) is 0. The van der Waals surface area contributed by atoms with Crippen molar-refractivity contribution in [2.24, 2.45) is 4.74 Å². The van der Waals surface area contributed by atoms with E-state index in [0.29, 0.717) is 0 Å². The van der Waals surface area contributed by atoms with Crippen LogP contribution in [0.15, 0.2) is 4.74 Å². The highest BCUT2D eigenvalue weighted by atomic mass is 31.2. The Morgan fingerprint density at radius 2 is 0.880 bits per heavy atom. The smallest absolute Gasteiger partial charge is 0.166 e. The molecule has 0 N–H and O–H groups in total. The molecule has 0 atom stereocenters. The molecule has 0 aliphatic rings. The summed E-state index contributed by atoms with van der Waals surface area (Å²) >= 11 is 0. The Balaban J connectivity index is 0. The van der Waals surface area contributed by atoms with Crippen LogP contribution in [0.3, 0.4) is 0 Å². The summed E-state index contributed by atoms with van der Waals surface area (Å²) in [6.45, 7) is 7.27. The maximum Gasteiger partial charge on any atom is 0.166 e. The minimum absolute atomic E-state index is 0.985. The number of unbranched alkanes of at least 4 members (excludes halogenated alkanes) is 9. The van der Waals surface area contributed by atoms with E-state index in [0.717, 1.165) is 6.54 Å². The Labute approximate surface area is 160 Å². The highest BCUT2D eigenvalue weighted by Gasteiger charge is 2.27. The Morgan fingerprint density at radius 3 is 1.20 bits per heavy atom. The molecule has 0 fully saturated rings. The van der Waals surface area contributed by atoms with E-state index >= 15 is 0 Å². The van der Waals surface area contributed by atoms with Crippen LogP contribution < -0.4 is 0 Å². The second-order valence-electron chi connectivity index (χ2n) is 7.13. The fourth-order valence-electron chi connectivity index (χ4n) is 3.26. The molecule has 0 aromatic carbocycles. The van der Waals surface area contributed by atoms with Crippen LogP contribution in [0.4, 0.5) is 0 Å². The summed E-state index contributed by atoms with van der Waals surface area (Å²) in [5.41, 5.74) is 0. The first kappa shape index (κ1) is 27.3. The lowest BCUT2D eigenvalue weighted by atomic mass is 10.1. The lowest BCUT2D eigenvalue weighted by Crippen LogP contribution is -2.30. The Hall–Kier alpha value is 0.110. The van der Waals surface area contributed by atoms with Crippen LogP contribution in [0.1, 0.15) is 85.0 Å². The molecule has 0 bridgehead atoms. The summed E-state index contributed by atoms with van der Waals surface area (Å²) < 4.78 is 12.0. The van der Waals surface area contributed by atoms with Crippen LogP contribution in [0, 0.1) is 0 Å². The summed E-state index contributed by atoms with van der Waals surface area (Å²) in [4.78, 5) is 0. The molecule has 0 rings (SSSR count). The Morgan fingerprint density at radius 1 is 0.560 bits per heavy atom. The number of hydrogen-bond acceptors (Lipinski definition) is 1. The second-order valence-corrected chi connectivity index (χ2v) is 10.9. The van der Waals surface area contributed by atoms with Gasteiger partial charge in [-0.1, -0.05) is 78.6 Å². The molecule has 25 heavy (non-hydrogen) atoms. The second kappa shape index (κ2) is 17.5. The average molecular weight is 377 g/mol. The third-order valence-corrected chi connectivity index (χ3v) is 8.21. The predicted octanol–water partition coefficient (Wildman–Crippen LogP) is 6.56. The first-order chi connectivity index (χ1) is 11.9. The van der Waals surface area contributed by atoms with Gasteiger partial charge >= 0.3 is 0 Å². The van der Waals surface area contributed by atoms with Crippen molar-refractivity contribution < 1.29 is 0 Å². The van der Waals surface area contributed by atoms with E-state index in [1.807, 2.05) is 13.8 Å². The zero-order valence-corrected chi connectivity index (χ0v) is 19.9. The molecule has 0 spiro atoms. The molecule has 0 saturated heterocycles. The SMILES string of the molecule is CC.CCCCCCCCCCCCN=P(N(C)C)(N(C)C)N(C)C. The van der Waals surface area contributed by atoms with Crippen molar-refractivity contribution >= 4 is 7.51 Å². The monoisotopic (exact) mass is 376 g/mol. The van der Waals surface area contributed by atoms with Gasteiger partial charge in [-0.3, -0.25) is 18.8 Å². The van der Waals surface area contributed by atoms with Crippen molar-refractivity contribution in [1.82, 2.24) is 14.0 Å². The van der Waals surface area contributed by atoms with E-state index in [1.54, 1.807) is 0 Å². The normalized spacial score (nSPS) is 11.8. The van der Waals surface area contributed by atoms with Crippen molar-refractivity contribution in [3.63, 3.8) is 0 Å². The minimum atomic E-state index is -1.66. The van der Waals surface area contributed by atoms with Gasteiger partial charge < -0.3 is 0 Å². The lowest BCUT2D eigenvalue weighted by molar-refractivity contribution is 0.469. The zero-order valence-electron chi connectivity index (χ0n) is 19.0. The van der Waals surface area contributed by atoms with Gasteiger partial charge in [-0.15, -0.1) is 0 Å². The number of rotatable bonds is 14. The molecule has 0 heterocycles. The maximum atomic E-state index is 5.11. The molecular formula is C20H49N4P. The van der Waals surface area contributed by atoms with Crippen LogP contribution in [0.25, 0.3) is 0 Å². The largest absolute Gasteiger partial charge is 0.261 e. The van der Waals surface area contributed by atoms with Gasteiger partial charge in [0, 0.05) is 6.54 Å². The van der Waals surface area contributed by atoms with Crippen molar-refractivity contribution in [2.75, 3.05) is 48.8 Å². The molecule has 154 valence electrons. The van der Waals surface area contributed by atoms with Gasteiger partial charge in [0.2, 0.25) is 0 Å². The predicted molar refractivity (Wildman–Crippen MR) is 118 cm³/mol. The van der Waals surface area contributed by atoms with Crippen LogP contribution in [0.2, 0.25) is 0 Å². The Bertz CT molecular complexity index is 299. The van der Waals surface area contributed by atoms with Gasteiger partial charge in [0.1, 0.15) is 0 Å². The summed E-state index contributed by atoms with van der Waals surface area (Å²) in [6.07, 6.45) is 13.8. The van der Waals surface area contributed by atoms with Crippen molar-refractivity contribution in [3.8, 4) is 0 Å². The fraction of sp³-hybridized carbons (Fsp3) is 1.00. The van der Waals surface area contributed by atoms with E-state index in [-0.39, 0.29) is 0 Å². The van der Waals surface area contributed by atoms with Crippen LogP contribution in [-0.4, -0.2) is 62.8 Å². The molecular weight excluding hydrogens is 327 g/mol. The van der Waals surface area contributed by atoms with E-state index in [4.69, 9.17) is 4.74 Å². The van der Waals surface area contributed by atoms with E-state index in [9.17, 15) is 0 Å². The summed E-state index contributed by atoms with van der Waals surface area (Å²) in [7, 11) is 11.2. The molecule has 5 heteroatoms. The molecule has 0 saturated carbocycles. The standard InChI is InChI=1S/C18H43N4P.C2H6/c1-8-9-10-11-12-13-14-15-16-17-18-19-23(20(2)3,21(4)5)22(6)7;1-2/h8-18H2,1-7H3;1-2H3. The molecule has 0 aromatic heterocycles.